The van der Waals surface area contributed by atoms with Crippen molar-refractivity contribution in [3.05, 3.63) is 71.3 Å². The number of fused-ring (bicyclic) bond motifs is 1. The number of alkyl halides is 3. The normalized spacial score (nSPS) is 25.6. The molecule has 2 aromatic rings. The van der Waals surface area contributed by atoms with Gasteiger partial charge in [-0.15, -0.1) is 0 Å². The molecule has 2 fully saturated rings. The van der Waals surface area contributed by atoms with Gasteiger partial charge in [-0.25, -0.2) is 0 Å². The van der Waals surface area contributed by atoms with Crippen LogP contribution in [0.1, 0.15) is 40.1 Å². The van der Waals surface area contributed by atoms with E-state index in [2.05, 4.69) is 10.6 Å². The second kappa shape index (κ2) is 9.01. The lowest BCUT2D eigenvalue weighted by molar-refractivity contribution is -0.188. The first-order valence-corrected chi connectivity index (χ1v) is 10.8. The molecule has 7 nitrogen and oxygen atoms in total. The standard InChI is InChI=1S/C24H25F3N2O5/c1-22(2)33-19-18(12-28-20(30)16-8-10-17(11-9-16)24(25,26)27)32-14-23(19,34-22)13-29-21(31)15-6-4-3-5-7-15/h3-11,18-19H,12-14H2,1-2H3,(H,28,30)(H,29,31)/t18-,19-,23+/m1/s1. The Hall–Kier alpha value is -2.95. The SMILES string of the molecule is CC1(C)O[C@@H]2[C@@H](CNC(=O)c3ccc(C(F)(F)F)cc3)OC[C@]2(CNC(=O)c2ccccc2)O1. The molecule has 3 atom stereocenters. The van der Waals surface area contributed by atoms with E-state index in [0.717, 1.165) is 24.3 Å². The number of ether oxygens (including phenoxy) is 3. The molecule has 2 aliphatic heterocycles. The monoisotopic (exact) mass is 478 g/mol. The van der Waals surface area contributed by atoms with Crippen molar-refractivity contribution in [2.24, 2.45) is 0 Å². The van der Waals surface area contributed by atoms with Gasteiger partial charge in [0.15, 0.2) is 5.79 Å². The molecule has 0 saturated carbocycles. The Bertz CT molecular complexity index is 1040. The zero-order valence-corrected chi connectivity index (χ0v) is 18.6. The molecule has 4 rings (SSSR count). The third-order valence-electron chi connectivity index (χ3n) is 5.78. The van der Waals surface area contributed by atoms with Gasteiger partial charge in [0, 0.05) is 17.7 Å². The third kappa shape index (κ3) is 5.08. The number of benzene rings is 2. The smallest absolute Gasteiger partial charge is 0.370 e. The summed E-state index contributed by atoms with van der Waals surface area (Å²) >= 11 is 0. The second-order valence-electron chi connectivity index (χ2n) is 8.79. The van der Waals surface area contributed by atoms with Gasteiger partial charge in [0.25, 0.3) is 11.8 Å². The Balaban J connectivity index is 1.39. The van der Waals surface area contributed by atoms with Crippen molar-refractivity contribution in [2.45, 2.75) is 43.6 Å². The average Bonchev–Trinajstić information content (AvgIpc) is 3.26. The van der Waals surface area contributed by atoms with Crippen molar-refractivity contribution in [2.75, 3.05) is 19.7 Å². The van der Waals surface area contributed by atoms with Gasteiger partial charge in [0.05, 0.1) is 18.7 Å². The van der Waals surface area contributed by atoms with Crippen LogP contribution in [-0.2, 0) is 20.4 Å². The van der Waals surface area contributed by atoms with Gasteiger partial charge in [0.1, 0.15) is 17.8 Å². The summed E-state index contributed by atoms with van der Waals surface area (Å²) in [4.78, 5) is 25.0. The van der Waals surface area contributed by atoms with E-state index in [-0.39, 0.29) is 31.2 Å². The predicted octanol–water partition coefficient (Wildman–Crippen LogP) is 3.15. The molecule has 0 unspecified atom stereocenters. The fourth-order valence-electron chi connectivity index (χ4n) is 4.23. The molecule has 0 radical (unpaired) electrons. The minimum atomic E-state index is -4.47. The second-order valence-corrected chi connectivity index (χ2v) is 8.79. The Kier molecular flexibility index (Phi) is 6.41. The third-order valence-corrected chi connectivity index (χ3v) is 5.78. The first kappa shape index (κ1) is 24.2. The molecule has 0 aromatic heterocycles. The van der Waals surface area contributed by atoms with Crippen LogP contribution in [0.25, 0.3) is 0 Å². The first-order valence-electron chi connectivity index (χ1n) is 10.8. The summed E-state index contributed by atoms with van der Waals surface area (Å²) in [6.07, 6.45) is -5.63. The molecule has 2 N–H and O–H groups in total. The Morgan fingerprint density at radius 1 is 0.971 bits per heavy atom. The molecular formula is C24H25F3N2O5. The fraction of sp³-hybridized carbons (Fsp3) is 0.417. The highest BCUT2D eigenvalue weighted by atomic mass is 19.4. The molecular weight excluding hydrogens is 453 g/mol. The van der Waals surface area contributed by atoms with E-state index in [1.54, 1.807) is 38.1 Å². The number of carbonyl (C=O) groups is 2. The Morgan fingerprint density at radius 3 is 2.24 bits per heavy atom. The minimum absolute atomic E-state index is 0.0539. The molecule has 0 spiro atoms. The maximum atomic E-state index is 12.7. The van der Waals surface area contributed by atoms with Gasteiger partial charge >= 0.3 is 6.18 Å². The summed E-state index contributed by atoms with van der Waals surface area (Å²) in [5.41, 5.74) is -1.18. The minimum Gasteiger partial charge on any atom is -0.370 e. The van der Waals surface area contributed by atoms with Gasteiger partial charge in [-0.2, -0.15) is 13.2 Å². The Morgan fingerprint density at radius 2 is 1.59 bits per heavy atom. The molecule has 182 valence electrons. The summed E-state index contributed by atoms with van der Waals surface area (Å²) in [5.74, 6) is -1.73. The molecule has 0 aliphatic carbocycles. The van der Waals surface area contributed by atoms with Crippen LogP contribution in [0.4, 0.5) is 13.2 Å². The summed E-state index contributed by atoms with van der Waals surface area (Å²) in [6, 6.07) is 12.7. The quantitative estimate of drug-likeness (QED) is 0.666. The summed E-state index contributed by atoms with van der Waals surface area (Å²) < 4.78 is 56.2. The number of hydrogen-bond donors (Lipinski definition) is 2. The molecule has 34 heavy (non-hydrogen) atoms. The van der Waals surface area contributed by atoms with Crippen molar-refractivity contribution >= 4 is 11.8 Å². The predicted molar refractivity (Wildman–Crippen MR) is 115 cm³/mol. The molecule has 2 amide bonds. The highest BCUT2D eigenvalue weighted by Gasteiger charge is 2.61. The average molecular weight is 478 g/mol. The maximum Gasteiger partial charge on any atom is 0.416 e. The lowest BCUT2D eigenvalue weighted by Gasteiger charge is -2.27. The maximum absolute atomic E-state index is 12.7. The number of nitrogens with one attached hydrogen (secondary N) is 2. The van der Waals surface area contributed by atoms with Crippen molar-refractivity contribution in [1.29, 1.82) is 0 Å². The van der Waals surface area contributed by atoms with Gasteiger partial charge in [-0.3, -0.25) is 9.59 Å². The number of hydrogen-bond acceptors (Lipinski definition) is 5. The van der Waals surface area contributed by atoms with E-state index in [1.165, 1.54) is 0 Å². The summed E-state index contributed by atoms with van der Waals surface area (Å²) in [6.45, 7) is 3.83. The van der Waals surface area contributed by atoms with Crippen LogP contribution in [0, 0.1) is 0 Å². The van der Waals surface area contributed by atoms with Gasteiger partial charge in [0.2, 0.25) is 0 Å². The lowest BCUT2D eigenvalue weighted by atomic mass is 9.96. The lowest BCUT2D eigenvalue weighted by Crippen LogP contribution is -2.52. The number of amides is 2. The molecule has 2 aliphatic rings. The molecule has 0 bridgehead atoms. The highest BCUT2D eigenvalue weighted by Crippen LogP contribution is 2.43. The van der Waals surface area contributed by atoms with E-state index in [1.807, 2.05) is 6.07 Å². The molecule has 10 heteroatoms. The Labute approximate surface area is 194 Å². The van der Waals surface area contributed by atoms with Crippen LogP contribution >= 0.6 is 0 Å². The van der Waals surface area contributed by atoms with Crippen molar-refractivity contribution in [1.82, 2.24) is 10.6 Å². The van der Waals surface area contributed by atoms with Gasteiger partial charge in [-0.05, 0) is 50.2 Å². The van der Waals surface area contributed by atoms with Gasteiger partial charge in [-0.1, -0.05) is 18.2 Å². The van der Waals surface area contributed by atoms with E-state index < -0.39 is 41.2 Å². The van der Waals surface area contributed by atoms with Crippen LogP contribution in [0.15, 0.2) is 54.6 Å². The van der Waals surface area contributed by atoms with E-state index >= 15 is 0 Å². The van der Waals surface area contributed by atoms with Crippen LogP contribution in [0.5, 0.6) is 0 Å². The van der Waals surface area contributed by atoms with E-state index in [4.69, 9.17) is 14.2 Å². The largest absolute Gasteiger partial charge is 0.416 e. The van der Waals surface area contributed by atoms with Crippen molar-refractivity contribution < 1.29 is 37.0 Å². The van der Waals surface area contributed by atoms with Crippen molar-refractivity contribution in [3.63, 3.8) is 0 Å². The molecule has 2 saturated heterocycles. The highest BCUT2D eigenvalue weighted by molar-refractivity contribution is 5.94. The number of carbonyl (C=O) groups excluding carboxylic acids is 2. The van der Waals surface area contributed by atoms with E-state index in [0.29, 0.717) is 5.56 Å². The molecule has 2 heterocycles. The summed E-state index contributed by atoms with van der Waals surface area (Å²) in [5, 5.41) is 5.55. The van der Waals surface area contributed by atoms with Crippen LogP contribution in [-0.4, -0.2) is 55.1 Å². The topological polar surface area (TPSA) is 85.9 Å². The van der Waals surface area contributed by atoms with Gasteiger partial charge < -0.3 is 24.8 Å². The van der Waals surface area contributed by atoms with Crippen LogP contribution < -0.4 is 10.6 Å². The summed E-state index contributed by atoms with van der Waals surface area (Å²) in [7, 11) is 0. The zero-order valence-electron chi connectivity index (χ0n) is 18.6. The fourth-order valence-corrected chi connectivity index (χ4v) is 4.23. The zero-order chi connectivity index (χ0) is 24.6. The van der Waals surface area contributed by atoms with Crippen LogP contribution in [0.2, 0.25) is 0 Å². The van der Waals surface area contributed by atoms with Crippen molar-refractivity contribution in [3.8, 4) is 0 Å². The van der Waals surface area contributed by atoms with Crippen LogP contribution in [0.3, 0.4) is 0 Å². The number of rotatable bonds is 6. The van der Waals surface area contributed by atoms with E-state index in [9.17, 15) is 22.8 Å². The molecule has 2 aromatic carbocycles. The first-order chi connectivity index (χ1) is 16.0. The number of halogens is 3.